The van der Waals surface area contributed by atoms with E-state index in [9.17, 15) is 4.79 Å². The number of carbonyl (C=O) groups is 1. The number of methoxy groups -OCH3 is 1. The van der Waals surface area contributed by atoms with Crippen LogP contribution in [0.1, 0.15) is 15.9 Å². The number of rotatable bonds is 4. The van der Waals surface area contributed by atoms with Crippen LogP contribution < -0.4 is 4.74 Å². The normalized spacial score (nSPS) is 10.6. The van der Waals surface area contributed by atoms with Crippen molar-refractivity contribution in [2.75, 3.05) is 7.11 Å². The van der Waals surface area contributed by atoms with Crippen LogP contribution >= 0.6 is 0 Å². The molecule has 2 aromatic carbocycles. The van der Waals surface area contributed by atoms with Crippen LogP contribution in [-0.2, 0) is 0 Å². The van der Waals surface area contributed by atoms with Gasteiger partial charge in [0, 0.05) is 6.21 Å². The lowest BCUT2D eigenvalue weighted by molar-refractivity contribution is 0.0697. The second-order valence-corrected chi connectivity index (χ2v) is 3.88. The molecule has 0 aliphatic heterocycles. The second-order valence-electron chi connectivity index (χ2n) is 3.88. The van der Waals surface area contributed by atoms with Crippen molar-refractivity contribution in [3.63, 3.8) is 0 Å². The number of nitrogens with zero attached hydrogens (tertiary/aromatic N) is 1. The molecule has 4 nitrogen and oxygen atoms in total. The van der Waals surface area contributed by atoms with E-state index < -0.39 is 5.97 Å². The molecule has 0 amide bonds. The van der Waals surface area contributed by atoms with E-state index in [0.717, 1.165) is 17.0 Å². The van der Waals surface area contributed by atoms with Crippen LogP contribution in [0.15, 0.2) is 53.5 Å². The minimum atomic E-state index is -0.932. The van der Waals surface area contributed by atoms with Gasteiger partial charge in [-0.2, -0.15) is 0 Å². The number of carboxylic acids is 1. The van der Waals surface area contributed by atoms with Crippen LogP contribution in [0.5, 0.6) is 5.75 Å². The third-order valence-corrected chi connectivity index (χ3v) is 2.59. The Labute approximate surface area is 111 Å². The lowest BCUT2D eigenvalue weighted by atomic mass is 10.1. The average molecular weight is 255 g/mol. The molecule has 2 aromatic rings. The summed E-state index contributed by atoms with van der Waals surface area (Å²) < 4.78 is 5.06. The van der Waals surface area contributed by atoms with Gasteiger partial charge >= 0.3 is 5.97 Å². The molecule has 0 spiro atoms. The molecule has 4 heteroatoms. The summed E-state index contributed by atoms with van der Waals surface area (Å²) in [5.74, 6) is -0.150. The highest BCUT2D eigenvalue weighted by atomic mass is 16.5. The second kappa shape index (κ2) is 5.82. The lowest BCUT2D eigenvalue weighted by Crippen LogP contribution is -1.95. The summed E-state index contributed by atoms with van der Waals surface area (Å²) in [6, 6.07) is 13.9. The van der Waals surface area contributed by atoms with Gasteiger partial charge in [0.15, 0.2) is 0 Å². The topological polar surface area (TPSA) is 58.9 Å². The maximum atomic E-state index is 10.7. The molecule has 19 heavy (non-hydrogen) atoms. The Morgan fingerprint density at radius 2 is 1.74 bits per heavy atom. The highest BCUT2D eigenvalue weighted by Gasteiger charge is 2.00. The fraction of sp³-hybridized carbons (Fsp3) is 0.0667. The molecule has 0 saturated carbocycles. The number of benzene rings is 2. The Morgan fingerprint density at radius 3 is 2.26 bits per heavy atom. The van der Waals surface area contributed by atoms with Crippen molar-refractivity contribution in [3.8, 4) is 5.75 Å². The molecule has 0 aromatic heterocycles. The largest absolute Gasteiger partial charge is 0.497 e. The molecular formula is C15H13NO3. The molecule has 0 radical (unpaired) electrons. The molecule has 0 aliphatic carbocycles. The minimum absolute atomic E-state index is 0.265. The summed E-state index contributed by atoms with van der Waals surface area (Å²) in [7, 11) is 1.61. The van der Waals surface area contributed by atoms with Crippen molar-refractivity contribution in [2.24, 2.45) is 4.99 Å². The Kier molecular flexibility index (Phi) is 3.93. The molecule has 96 valence electrons. The van der Waals surface area contributed by atoms with Crippen LogP contribution in [0.4, 0.5) is 5.69 Å². The predicted octanol–water partition coefficient (Wildman–Crippen LogP) is 3.14. The first-order chi connectivity index (χ1) is 9.19. The smallest absolute Gasteiger partial charge is 0.335 e. The summed E-state index contributed by atoms with van der Waals surface area (Å²) >= 11 is 0. The first-order valence-corrected chi connectivity index (χ1v) is 5.70. The fourth-order valence-corrected chi connectivity index (χ4v) is 1.53. The van der Waals surface area contributed by atoms with Crippen molar-refractivity contribution in [1.82, 2.24) is 0 Å². The van der Waals surface area contributed by atoms with Gasteiger partial charge in [-0.25, -0.2) is 4.79 Å². The zero-order valence-corrected chi connectivity index (χ0v) is 10.4. The summed E-state index contributed by atoms with van der Waals surface area (Å²) in [6.45, 7) is 0. The molecule has 2 rings (SSSR count). The van der Waals surface area contributed by atoms with Gasteiger partial charge in [-0.3, -0.25) is 4.99 Å². The van der Waals surface area contributed by atoms with Gasteiger partial charge in [0.25, 0.3) is 0 Å². The number of ether oxygens (including phenoxy) is 1. The van der Waals surface area contributed by atoms with Gasteiger partial charge in [0.05, 0.1) is 18.4 Å². The summed E-state index contributed by atoms with van der Waals surface area (Å²) in [6.07, 6.45) is 1.69. The van der Waals surface area contributed by atoms with Crippen molar-refractivity contribution in [3.05, 3.63) is 59.7 Å². The molecule has 0 unspecified atom stereocenters. The van der Waals surface area contributed by atoms with E-state index >= 15 is 0 Å². The van der Waals surface area contributed by atoms with Gasteiger partial charge in [0.2, 0.25) is 0 Å². The first-order valence-electron chi connectivity index (χ1n) is 5.70. The van der Waals surface area contributed by atoms with E-state index in [-0.39, 0.29) is 5.56 Å². The van der Waals surface area contributed by atoms with Crippen LogP contribution in [0, 0.1) is 0 Å². The lowest BCUT2D eigenvalue weighted by Gasteiger charge is -1.99. The molecule has 0 saturated heterocycles. The number of hydrogen-bond donors (Lipinski definition) is 1. The summed E-state index contributed by atoms with van der Waals surface area (Å²) in [5, 5.41) is 8.79. The summed E-state index contributed by atoms with van der Waals surface area (Å²) in [4.78, 5) is 15.0. The van der Waals surface area contributed by atoms with E-state index in [0.29, 0.717) is 0 Å². The Bertz CT molecular complexity index is 586. The number of aromatic carboxylic acids is 1. The van der Waals surface area contributed by atoms with Crippen molar-refractivity contribution in [1.29, 1.82) is 0 Å². The monoisotopic (exact) mass is 255 g/mol. The van der Waals surface area contributed by atoms with Crippen molar-refractivity contribution < 1.29 is 14.6 Å². The van der Waals surface area contributed by atoms with Crippen LogP contribution in [0.2, 0.25) is 0 Å². The maximum Gasteiger partial charge on any atom is 0.335 e. The SMILES string of the molecule is COc1ccc(N=Cc2ccc(C(=O)O)cc2)cc1. The molecule has 1 N–H and O–H groups in total. The molecule has 0 bridgehead atoms. The highest BCUT2D eigenvalue weighted by molar-refractivity contribution is 5.89. The van der Waals surface area contributed by atoms with E-state index in [1.165, 1.54) is 0 Å². The van der Waals surface area contributed by atoms with Gasteiger partial charge in [-0.05, 0) is 42.0 Å². The van der Waals surface area contributed by atoms with E-state index in [1.54, 1.807) is 37.6 Å². The number of aliphatic imine (C=N–C) groups is 1. The zero-order chi connectivity index (χ0) is 13.7. The Hall–Kier alpha value is -2.62. The molecule has 0 heterocycles. The van der Waals surface area contributed by atoms with Crippen LogP contribution in [0.3, 0.4) is 0 Å². The van der Waals surface area contributed by atoms with Gasteiger partial charge < -0.3 is 9.84 Å². The van der Waals surface area contributed by atoms with Crippen LogP contribution in [-0.4, -0.2) is 24.4 Å². The molecule has 0 fully saturated rings. The minimum Gasteiger partial charge on any atom is -0.497 e. The van der Waals surface area contributed by atoms with Gasteiger partial charge in [-0.15, -0.1) is 0 Å². The predicted molar refractivity (Wildman–Crippen MR) is 73.6 cm³/mol. The van der Waals surface area contributed by atoms with Crippen LogP contribution in [0.25, 0.3) is 0 Å². The quantitative estimate of drug-likeness (QED) is 0.854. The zero-order valence-electron chi connectivity index (χ0n) is 10.4. The third-order valence-electron chi connectivity index (χ3n) is 2.59. The van der Waals surface area contributed by atoms with Crippen molar-refractivity contribution in [2.45, 2.75) is 0 Å². The standard InChI is InChI=1S/C15H13NO3/c1-19-14-8-6-13(7-9-14)16-10-11-2-4-12(5-3-11)15(17)18/h2-10H,1H3,(H,17,18). The van der Waals surface area contributed by atoms with E-state index in [4.69, 9.17) is 9.84 Å². The molecule has 0 atom stereocenters. The van der Waals surface area contributed by atoms with Crippen molar-refractivity contribution >= 4 is 17.9 Å². The van der Waals surface area contributed by atoms with Gasteiger partial charge in [0.1, 0.15) is 5.75 Å². The number of carboxylic acid groups (broad SMARTS) is 1. The molecule has 0 aliphatic rings. The van der Waals surface area contributed by atoms with Gasteiger partial charge in [-0.1, -0.05) is 12.1 Å². The first kappa shape index (κ1) is 12.8. The summed E-state index contributed by atoms with van der Waals surface area (Å²) in [5.41, 5.74) is 1.92. The maximum absolute atomic E-state index is 10.7. The molecular weight excluding hydrogens is 242 g/mol. The van der Waals surface area contributed by atoms with E-state index in [2.05, 4.69) is 4.99 Å². The number of hydrogen-bond acceptors (Lipinski definition) is 3. The highest BCUT2D eigenvalue weighted by Crippen LogP contribution is 2.17. The fourth-order valence-electron chi connectivity index (χ4n) is 1.53. The Balaban J connectivity index is 2.10. The Morgan fingerprint density at radius 1 is 1.11 bits per heavy atom. The average Bonchev–Trinajstić information content (AvgIpc) is 2.46. The van der Waals surface area contributed by atoms with E-state index in [1.807, 2.05) is 24.3 Å². The third kappa shape index (κ3) is 3.42.